The molecule has 1 unspecified atom stereocenters. The Morgan fingerprint density at radius 1 is 1.10 bits per heavy atom. The molecule has 3 aromatic rings. The molecule has 0 aliphatic carbocycles. The second-order valence-corrected chi connectivity index (χ2v) is 7.95. The first kappa shape index (κ1) is 20.1. The van der Waals surface area contributed by atoms with Crippen molar-refractivity contribution in [1.82, 2.24) is 20.2 Å². The fourth-order valence-electron chi connectivity index (χ4n) is 3.78. The summed E-state index contributed by atoms with van der Waals surface area (Å²) in [7, 11) is 2.12. The molecular weight excluding hydrogens is 376 g/mol. The number of piperazine rings is 1. The molecule has 1 atom stereocenters. The minimum atomic E-state index is -0.113. The molecule has 2 aromatic carbocycles. The number of nitrogens with two attached hydrogens (primary N) is 1. The lowest BCUT2D eigenvalue weighted by atomic mass is 10.0. The molecule has 1 aliphatic rings. The van der Waals surface area contributed by atoms with Crippen molar-refractivity contribution in [2.75, 3.05) is 50.4 Å². The van der Waals surface area contributed by atoms with Gasteiger partial charge in [-0.3, -0.25) is 4.79 Å². The third-order valence-electron chi connectivity index (χ3n) is 5.70. The average Bonchev–Trinajstić information content (AvgIpc) is 2.77. The van der Waals surface area contributed by atoms with Crippen molar-refractivity contribution >= 4 is 28.6 Å². The number of benzene rings is 2. The van der Waals surface area contributed by atoms with E-state index in [9.17, 15) is 4.79 Å². The zero-order valence-electron chi connectivity index (χ0n) is 17.5. The van der Waals surface area contributed by atoms with E-state index in [1.165, 1.54) is 5.56 Å². The van der Waals surface area contributed by atoms with Crippen LogP contribution in [0.25, 0.3) is 10.9 Å². The highest BCUT2D eigenvalue weighted by Crippen LogP contribution is 2.26. The Morgan fingerprint density at radius 3 is 2.57 bits per heavy atom. The van der Waals surface area contributed by atoms with E-state index < -0.39 is 0 Å². The van der Waals surface area contributed by atoms with Gasteiger partial charge in [0.05, 0.1) is 5.52 Å². The second kappa shape index (κ2) is 8.67. The SMILES string of the molecule is CC(CNC(=O)c1ccc2c(N3CCN(C)CC3)nc(N)nc2c1)c1ccccc1. The first-order valence-corrected chi connectivity index (χ1v) is 10.3. The van der Waals surface area contributed by atoms with E-state index in [-0.39, 0.29) is 17.8 Å². The van der Waals surface area contributed by atoms with E-state index in [0.717, 1.165) is 37.4 Å². The fraction of sp³-hybridized carbons (Fsp3) is 0.348. The number of anilines is 2. The summed E-state index contributed by atoms with van der Waals surface area (Å²) < 4.78 is 0. The highest BCUT2D eigenvalue weighted by molar-refractivity contribution is 6.00. The molecule has 7 nitrogen and oxygen atoms in total. The van der Waals surface area contributed by atoms with Gasteiger partial charge in [0.1, 0.15) is 5.82 Å². The minimum Gasteiger partial charge on any atom is -0.368 e. The van der Waals surface area contributed by atoms with Crippen molar-refractivity contribution in [2.45, 2.75) is 12.8 Å². The number of nitrogens with zero attached hydrogens (tertiary/aromatic N) is 4. The molecule has 1 saturated heterocycles. The number of likely N-dealkylation sites (N-methyl/N-ethyl adjacent to an activating group) is 1. The van der Waals surface area contributed by atoms with Crippen LogP contribution < -0.4 is 16.0 Å². The number of carbonyl (C=O) groups excluding carboxylic acids is 1. The largest absolute Gasteiger partial charge is 0.368 e. The first-order chi connectivity index (χ1) is 14.5. The molecule has 4 rings (SSSR count). The molecule has 0 spiro atoms. The van der Waals surface area contributed by atoms with Crippen LogP contribution in [0.4, 0.5) is 11.8 Å². The third kappa shape index (κ3) is 4.36. The predicted octanol–water partition coefficient (Wildman–Crippen LogP) is 2.50. The quantitative estimate of drug-likeness (QED) is 0.679. The molecule has 30 heavy (non-hydrogen) atoms. The average molecular weight is 405 g/mol. The Balaban J connectivity index is 1.52. The molecule has 1 amide bonds. The number of rotatable bonds is 5. The monoisotopic (exact) mass is 404 g/mol. The van der Waals surface area contributed by atoms with Crippen LogP contribution in [0.1, 0.15) is 28.8 Å². The summed E-state index contributed by atoms with van der Waals surface area (Å²) >= 11 is 0. The van der Waals surface area contributed by atoms with Gasteiger partial charge in [0.15, 0.2) is 0 Å². The molecule has 156 valence electrons. The van der Waals surface area contributed by atoms with Crippen molar-refractivity contribution in [2.24, 2.45) is 0 Å². The zero-order chi connectivity index (χ0) is 21.1. The van der Waals surface area contributed by atoms with Gasteiger partial charge in [0.25, 0.3) is 5.91 Å². The maximum absolute atomic E-state index is 12.7. The molecular formula is C23H28N6O. The number of hydrogen-bond donors (Lipinski definition) is 2. The Hall–Kier alpha value is -3.19. The van der Waals surface area contributed by atoms with Gasteiger partial charge in [-0.2, -0.15) is 4.98 Å². The zero-order valence-corrected chi connectivity index (χ0v) is 17.5. The molecule has 0 bridgehead atoms. The normalized spacial score (nSPS) is 15.9. The number of nitrogen functional groups attached to an aromatic ring is 1. The molecule has 7 heteroatoms. The van der Waals surface area contributed by atoms with Crippen molar-refractivity contribution in [3.63, 3.8) is 0 Å². The van der Waals surface area contributed by atoms with Crippen molar-refractivity contribution in [3.05, 3.63) is 59.7 Å². The minimum absolute atomic E-state index is 0.113. The summed E-state index contributed by atoms with van der Waals surface area (Å²) in [6, 6.07) is 15.7. The number of amides is 1. The van der Waals surface area contributed by atoms with E-state index in [0.29, 0.717) is 17.6 Å². The lowest BCUT2D eigenvalue weighted by Gasteiger charge is -2.33. The van der Waals surface area contributed by atoms with Gasteiger partial charge in [0.2, 0.25) is 5.95 Å². The number of hydrogen-bond acceptors (Lipinski definition) is 6. The number of nitrogens with one attached hydrogen (secondary N) is 1. The van der Waals surface area contributed by atoms with Crippen molar-refractivity contribution in [3.8, 4) is 0 Å². The summed E-state index contributed by atoms with van der Waals surface area (Å²) in [5.74, 6) is 1.19. The van der Waals surface area contributed by atoms with Gasteiger partial charge < -0.3 is 20.9 Å². The first-order valence-electron chi connectivity index (χ1n) is 10.3. The molecule has 0 saturated carbocycles. The topological polar surface area (TPSA) is 87.4 Å². The summed E-state index contributed by atoms with van der Waals surface area (Å²) in [5, 5.41) is 3.95. The fourth-order valence-corrected chi connectivity index (χ4v) is 3.78. The van der Waals surface area contributed by atoms with Gasteiger partial charge in [-0.1, -0.05) is 37.3 Å². The van der Waals surface area contributed by atoms with Gasteiger partial charge in [-0.05, 0) is 36.7 Å². The van der Waals surface area contributed by atoms with E-state index in [1.807, 2.05) is 30.3 Å². The molecule has 1 aromatic heterocycles. The Bertz CT molecular complexity index is 1030. The Kier molecular flexibility index (Phi) is 5.81. The van der Waals surface area contributed by atoms with Crippen LogP contribution in [-0.2, 0) is 0 Å². The molecule has 0 radical (unpaired) electrons. The number of aromatic nitrogens is 2. The third-order valence-corrected chi connectivity index (χ3v) is 5.70. The van der Waals surface area contributed by atoms with E-state index in [2.05, 4.69) is 51.2 Å². The molecule has 1 fully saturated rings. The number of fused-ring (bicyclic) bond motifs is 1. The highest BCUT2D eigenvalue weighted by atomic mass is 16.1. The maximum Gasteiger partial charge on any atom is 0.251 e. The van der Waals surface area contributed by atoms with Crippen LogP contribution in [0.2, 0.25) is 0 Å². The van der Waals surface area contributed by atoms with Gasteiger partial charge in [0, 0.05) is 43.7 Å². The van der Waals surface area contributed by atoms with Crippen LogP contribution in [0.15, 0.2) is 48.5 Å². The Morgan fingerprint density at radius 2 is 1.83 bits per heavy atom. The van der Waals surface area contributed by atoms with Gasteiger partial charge >= 0.3 is 0 Å². The smallest absolute Gasteiger partial charge is 0.251 e. The van der Waals surface area contributed by atoms with E-state index in [1.54, 1.807) is 6.07 Å². The lowest BCUT2D eigenvalue weighted by molar-refractivity contribution is 0.0952. The summed E-state index contributed by atoms with van der Waals surface area (Å²) in [4.78, 5) is 26.1. The second-order valence-electron chi connectivity index (χ2n) is 7.95. The molecule has 3 N–H and O–H groups in total. The van der Waals surface area contributed by atoms with Crippen LogP contribution in [0, 0.1) is 0 Å². The van der Waals surface area contributed by atoms with Crippen molar-refractivity contribution in [1.29, 1.82) is 0 Å². The van der Waals surface area contributed by atoms with Crippen LogP contribution in [0.3, 0.4) is 0 Å². The summed E-state index contributed by atoms with van der Waals surface area (Å²) in [5.41, 5.74) is 8.46. The number of carbonyl (C=O) groups is 1. The molecule has 2 heterocycles. The summed E-state index contributed by atoms with van der Waals surface area (Å²) in [6.45, 7) is 6.41. The van der Waals surface area contributed by atoms with Crippen LogP contribution in [0.5, 0.6) is 0 Å². The van der Waals surface area contributed by atoms with Crippen LogP contribution >= 0.6 is 0 Å². The van der Waals surface area contributed by atoms with E-state index in [4.69, 9.17) is 5.73 Å². The summed E-state index contributed by atoms with van der Waals surface area (Å²) in [6.07, 6.45) is 0. The highest BCUT2D eigenvalue weighted by Gasteiger charge is 2.19. The Labute approximate surface area is 176 Å². The van der Waals surface area contributed by atoms with E-state index >= 15 is 0 Å². The van der Waals surface area contributed by atoms with Gasteiger partial charge in [-0.15, -0.1) is 0 Å². The van der Waals surface area contributed by atoms with Crippen LogP contribution in [-0.4, -0.2) is 60.5 Å². The molecule has 1 aliphatic heterocycles. The van der Waals surface area contributed by atoms with Gasteiger partial charge in [-0.25, -0.2) is 4.98 Å². The van der Waals surface area contributed by atoms with Crippen molar-refractivity contribution < 1.29 is 4.79 Å². The predicted molar refractivity (Wildman–Crippen MR) is 121 cm³/mol. The standard InChI is InChI=1S/C23H28N6O/c1-16(17-6-4-3-5-7-17)15-25-22(30)18-8-9-19-20(14-18)26-23(24)27-21(19)29-12-10-28(2)11-13-29/h3-9,14,16H,10-13,15H2,1-2H3,(H,25,30)(H2,24,26,27). The lowest BCUT2D eigenvalue weighted by Crippen LogP contribution is -2.45. The maximum atomic E-state index is 12.7.